The van der Waals surface area contributed by atoms with E-state index in [1.54, 1.807) is 11.3 Å². The topological polar surface area (TPSA) is 43.4 Å². The van der Waals surface area contributed by atoms with Gasteiger partial charge >= 0.3 is 0 Å². The van der Waals surface area contributed by atoms with E-state index in [2.05, 4.69) is 15.7 Å². The first-order valence-electron chi connectivity index (χ1n) is 6.62. The Morgan fingerprint density at radius 3 is 3.22 bits per heavy atom. The number of aromatic nitrogens is 1. The van der Waals surface area contributed by atoms with Crippen molar-refractivity contribution in [3.8, 4) is 0 Å². The van der Waals surface area contributed by atoms with Crippen molar-refractivity contribution < 1.29 is 9.47 Å². The number of hydrogen-bond donors (Lipinski definition) is 1. The molecule has 4 nitrogen and oxygen atoms in total. The molecule has 2 atom stereocenters. The first kappa shape index (κ1) is 12.5. The van der Waals surface area contributed by atoms with Crippen LogP contribution in [0.2, 0.25) is 0 Å². The van der Waals surface area contributed by atoms with E-state index in [0.717, 1.165) is 51.3 Å². The van der Waals surface area contributed by atoms with E-state index in [0.29, 0.717) is 6.04 Å². The number of rotatable bonds is 3. The molecule has 2 aliphatic heterocycles. The van der Waals surface area contributed by atoms with Gasteiger partial charge in [-0.15, -0.1) is 11.3 Å². The maximum absolute atomic E-state index is 5.93. The Bertz CT molecular complexity index is 401. The van der Waals surface area contributed by atoms with Crippen LogP contribution in [0.5, 0.6) is 0 Å². The number of aryl methyl sites for hydroxylation is 1. The Labute approximate surface area is 112 Å². The molecule has 3 rings (SSSR count). The van der Waals surface area contributed by atoms with Crippen LogP contribution in [-0.4, -0.2) is 36.4 Å². The fourth-order valence-corrected chi connectivity index (χ4v) is 3.50. The van der Waals surface area contributed by atoms with Crippen LogP contribution in [0.15, 0.2) is 5.38 Å². The van der Waals surface area contributed by atoms with E-state index in [9.17, 15) is 0 Å². The van der Waals surface area contributed by atoms with Gasteiger partial charge in [0.2, 0.25) is 0 Å². The second kappa shape index (κ2) is 5.25. The highest BCUT2D eigenvalue weighted by molar-refractivity contribution is 7.09. The zero-order valence-corrected chi connectivity index (χ0v) is 11.6. The van der Waals surface area contributed by atoms with Crippen molar-refractivity contribution in [1.82, 2.24) is 10.3 Å². The van der Waals surface area contributed by atoms with Crippen LogP contribution in [0.25, 0.3) is 0 Å². The Morgan fingerprint density at radius 1 is 1.56 bits per heavy atom. The summed E-state index contributed by atoms with van der Waals surface area (Å²) in [5, 5.41) is 6.90. The van der Waals surface area contributed by atoms with Crippen molar-refractivity contribution in [3.05, 3.63) is 16.1 Å². The normalized spacial score (nSPS) is 32.2. The Morgan fingerprint density at radius 2 is 2.50 bits per heavy atom. The van der Waals surface area contributed by atoms with Crippen molar-refractivity contribution in [2.24, 2.45) is 0 Å². The van der Waals surface area contributed by atoms with Gasteiger partial charge in [0.1, 0.15) is 5.01 Å². The summed E-state index contributed by atoms with van der Waals surface area (Å²) in [5.41, 5.74) is 1.11. The van der Waals surface area contributed by atoms with Crippen LogP contribution < -0.4 is 5.32 Å². The second-order valence-electron chi connectivity index (χ2n) is 5.29. The molecule has 0 amide bonds. The summed E-state index contributed by atoms with van der Waals surface area (Å²) >= 11 is 1.73. The highest BCUT2D eigenvalue weighted by Crippen LogP contribution is 2.32. The largest absolute Gasteiger partial charge is 0.378 e. The first-order valence-corrected chi connectivity index (χ1v) is 7.50. The lowest BCUT2D eigenvalue weighted by molar-refractivity contribution is -0.0894. The van der Waals surface area contributed by atoms with Crippen LogP contribution in [0.1, 0.15) is 30.0 Å². The molecule has 0 bridgehead atoms. The van der Waals surface area contributed by atoms with Crippen molar-refractivity contribution in [1.29, 1.82) is 0 Å². The average molecular weight is 268 g/mol. The van der Waals surface area contributed by atoms with Gasteiger partial charge in [0.05, 0.1) is 12.2 Å². The molecule has 0 aromatic carbocycles. The predicted molar refractivity (Wildman–Crippen MR) is 70.8 cm³/mol. The minimum Gasteiger partial charge on any atom is -0.378 e. The summed E-state index contributed by atoms with van der Waals surface area (Å²) in [5.74, 6) is 0. The van der Waals surface area contributed by atoms with Gasteiger partial charge in [-0.2, -0.15) is 0 Å². The van der Waals surface area contributed by atoms with Crippen LogP contribution in [0.3, 0.4) is 0 Å². The highest BCUT2D eigenvalue weighted by atomic mass is 32.1. The van der Waals surface area contributed by atoms with E-state index < -0.39 is 0 Å². The SMILES string of the molecule is Cc1csc(CNC2CCOC3(CCOC3)C2)n1. The molecule has 1 aromatic rings. The summed E-state index contributed by atoms with van der Waals surface area (Å²) in [6.45, 7) is 5.37. The number of ether oxygens (including phenoxy) is 2. The van der Waals surface area contributed by atoms with Crippen molar-refractivity contribution >= 4 is 11.3 Å². The van der Waals surface area contributed by atoms with E-state index in [1.165, 1.54) is 5.01 Å². The molecule has 1 N–H and O–H groups in total. The maximum Gasteiger partial charge on any atom is 0.107 e. The lowest BCUT2D eigenvalue weighted by atomic mass is 9.90. The van der Waals surface area contributed by atoms with E-state index in [1.807, 2.05) is 6.92 Å². The lowest BCUT2D eigenvalue weighted by Gasteiger charge is -2.37. The fourth-order valence-electron chi connectivity index (χ4n) is 2.78. The van der Waals surface area contributed by atoms with Crippen LogP contribution in [-0.2, 0) is 16.0 Å². The third-order valence-corrected chi connectivity index (χ3v) is 4.74. The van der Waals surface area contributed by atoms with Crippen LogP contribution >= 0.6 is 11.3 Å². The van der Waals surface area contributed by atoms with Crippen LogP contribution in [0, 0.1) is 6.92 Å². The molecule has 1 aromatic heterocycles. The zero-order valence-electron chi connectivity index (χ0n) is 10.8. The summed E-state index contributed by atoms with van der Waals surface area (Å²) < 4.78 is 11.4. The van der Waals surface area contributed by atoms with Crippen LogP contribution in [0.4, 0.5) is 0 Å². The first-order chi connectivity index (χ1) is 8.76. The van der Waals surface area contributed by atoms with Gasteiger partial charge in [-0.25, -0.2) is 4.98 Å². The van der Waals surface area contributed by atoms with Crippen molar-refractivity contribution in [2.75, 3.05) is 19.8 Å². The second-order valence-corrected chi connectivity index (χ2v) is 6.23. The molecule has 0 aliphatic carbocycles. The Balaban J connectivity index is 1.53. The maximum atomic E-state index is 5.93. The summed E-state index contributed by atoms with van der Waals surface area (Å²) in [6, 6.07) is 0.532. The van der Waals surface area contributed by atoms with Gasteiger partial charge in [-0.05, 0) is 19.8 Å². The van der Waals surface area contributed by atoms with E-state index in [4.69, 9.17) is 9.47 Å². The number of hydrogen-bond acceptors (Lipinski definition) is 5. The minimum atomic E-state index is -0.00525. The quantitative estimate of drug-likeness (QED) is 0.909. The number of nitrogens with zero attached hydrogens (tertiary/aromatic N) is 1. The number of thiazole rings is 1. The van der Waals surface area contributed by atoms with Gasteiger partial charge in [0, 0.05) is 43.3 Å². The molecule has 2 unspecified atom stereocenters. The fraction of sp³-hybridized carbons (Fsp3) is 0.769. The van der Waals surface area contributed by atoms with E-state index in [-0.39, 0.29) is 5.60 Å². The van der Waals surface area contributed by atoms with Gasteiger partial charge in [0.15, 0.2) is 0 Å². The molecule has 1 spiro atoms. The van der Waals surface area contributed by atoms with Crippen molar-refractivity contribution in [2.45, 2.75) is 44.4 Å². The predicted octanol–water partition coefficient (Wildman–Crippen LogP) is 1.88. The molecule has 2 aliphatic rings. The smallest absolute Gasteiger partial charge is 0.107 e. The molecule has 18 heavy (non-hydrogen) atoms. The lowest BCUT2D eigenvalue weighted by Crippen LogP contribution is -2.47. The van der Waals surface area contributed by atoms with Crippen molar-refractivity contribution in [3.63, 3.8) is 0 Å². The van der Waals surface area contributed by atoms with E-state index >= 15 is 0 Å². The molecule has 2 fully saturated rings. The highest BCUT2D eigenvalue weighted by Gasteiger charge is 2.40. The van der Waals surface area contributed by atoms with Gasteiger partial charge in [-0.3, -0.25) is 0 Å². The zero-order chi connectivity index (χ0) is 12.4. The summed E-state index contributed by atoms with van der Waals surface area (Å²) in [7, 11) is 0. The molecule has 0 saturated carbocycles. The van der Waals surface area contributed by atoms with Gasteiger partial charge in [0.25, 0.3) is 0 Å². The van der Waals surface area contributed by atoms with Gasteiger partial charge < -0.3 is 14.8 Å². The van der Waals surface area contributed by atoms with Gasteiger partial charge in [-0.1, -0.05) is 0 Å². The summed E-state index contributed by atoms with van der Waals surface area (Å²) in [4.78, 5) is 4.48. The molecule has 100 valence electrons. The molecular weight excluding hydrogens is 248 g/mol. The molecule has 0 radical (unpaired) electrons. The standard InChI is InChI=1S/C13H20N2O2S/c1-10-8-18-12(15-10)7-14-11-2-4-17-13(6-11)3-5-16-9-13/h8,11,14H,2-7,9H2,1H3. The molecular formula is C13H20N2O2S. The molecule has 3 heterocycles. The number of nitrogens with one attached hydrogen (secondary N) is 1. The minimum absolute atomic E-state index is 0.00525. The monoisotopic (exact) mass is 268 g/mol. The Kier molecular flexibility index (Phi) is 3.66. The molecule has 2 saturated heterocycles. The third-order valence-electron chi connectivity index (χ3n) is 3.77. The summed E-state index contributed by atoms with van der Waals surface area (Å²) in [6.07, 6.45) is 3.20. The Hall–Kier alpha value is -0.490. The molecule has 5 heteroatoms. The third kappa shape index (κ3) is 2.74. The average Bonchev–Trinajstić information content (AvgIpc) is 2.97.